The summed E-state index contributed by atoms with van der Waals surface area (Å²) in [5.41, 5.74) is -0.340. The Hall–Kier alpha value is -0.570. The van der Waals surface area contributed by atoms with Gasteiger partial charge in [-0.15, -0.1) is 0 Å². The zero-order chi connectivity index (χ0) is 14.8. The second-order valence-corrected chi connectivity index (χ2v) is 7.01. The summed E-state index contributed by atoms with van der Waals surface area (Å²) in [7, 11) is 0. The van der Waals surface area contributed by atoms with E-state index in [0.717, 1.165) is 12.8 Å². The van der Waals surface area contributed by atoms with Crippen molar-refractivity contribution >= 4 is 5.97 Å². The summed E-state index contributed by atoms with van der Waals surface area (Å²) in [5.74, 6) is -0.0490. The van der Waals surface area contributed by atoms with Crippen molar-refractivity contribution < 1.29 is 9.53 Å². The fourth-order valence-electron chi connectivity index (χ4n) is 2.49. The van der Waals surface area contributed by atoms with Crippen LogP contribution in [0.25, 0.3) is 0 Å². The highest BCUT2D eigenvalue weighted by atomic mass is 16.6. The normalized spacial score (nSPS) is 15.9. The maximum atomic E-state index is 11.5. The Balaban J connectivity index is 1.78. The van der Waals surface area contributed by atoms with Crippen molar-refractivity contribution in [3.8, 4) is 0 Å². The van der Waals surface area contributed by atoms with Gasteiger partial charge >= 0.3 is 5.97 Å². The van der Waals surface area contributed by atoms with E-state index in [0.29, 0.717) is 6.42 Å². The molecule has 0 aromatic carbocycles. The average molecular weight is 283 g/mol. The van der Waals surface area contributed by atoms with Gasteiger partial charge in [0.2, 0.25) is 0 Å². The van der Waals surface area contributed by atoms with Crippen molar-refractivity contribution in [3.63, 3.8) is 0 Å². The maximum absolute atomic E-state index is 11.5. The van der Waals surface area contributed by atoms with Crippen LogP contribution in [0.3, 0.4) is 0 Å². The molecule has 0 radical (unpaired) electrons. The zero-order valence-electron chi connectivity index (χ0n) is 13.7. The van der Waals surface area contributed by atoms with E-state index in [2.05, 4.69) is 4.90 Å². The first kappa shape index (κ1) is 17.5. The molecule has 0 N–H and O–H groups in total. The smallest absolute Gasteiger partial charge is 0.306 e. The molecule has 0 aromatic rings. The lowest BCUT2D eigenvalue weighted by Gasteiger charge is -2.30. The van der Waals surface area contributed by atoms with Crippen LogP contribution in [0.1, 0.15) is 78.6 Å². The second-order valence-electron chi connectivity index (χ2n) is 7.01. The lowest BCUT2D eigenvalue weighted by atomic mass is 10.1. The first-order chi connectivity index (χ1) is 9.47. The standard InChI is InChI=1S/C17H33NO2/c1-17(2,3)20-16(19)12-9-7-5-4-6-8-10-13-18-14-11-15-18/h4-15H2,1-3H3. The molecule has 0 spiro atoms. The summed E-state index contributed by atoms with van der Waals surface area (Å²) in [6, 6.07) is 0. The third-order valence-electron chi connectivity index (χ3n) is 3.72. The van der Waals surface area contributed by atoms with Crippen molar-refractivity contribution in [1.82, 2.24) is 4.90 Å². The molecule has 3 heteroatoms. The number of unbranched alkanes of at least 4 members (excludes halogenated alkanes) is 6. The van der Waals surface area contributed by atoms with Crippen molar-refractivity contribution in [1.29, 1.82) is 0 Å². The lowest BCUT2D eigenvalue weighted by molar-refractivity contribution is -0.154. The SMILES string of the molecule is CC(C)(C)OC(=O)CCCCCCCCCN1CCC1. The number of hydrogen-bond acceptors (Lipinski definition) is 3. The van der Waals surface area contributed by atoms with Crippen molar-refractivity contribution in [2.75, 3.05) is 19.6 Å². The largest absolute Gasteiger partial charge is 0.460 e. The molecule has 1 rings (SSSR count). The van der Waals surface area contributed by atoms with E-state index in [-0.39, 0.29) is 11.6 Å². The van der Waals surface area contributed by atoms with E-state index in [1.54, 1.807) is 0 Å². The van der Waals surface area contributed by atoms with E-state index in [1.807, 2.05) is 20.8 Å². The van der Waals surface area contributed by atoms with Gasteiger partial charge in [0.25, 0.3) is 0 Å². The number of likely N-dealkylation sites (tertiary alicyclic amines) is 1. The Labute approximate surface area is 125 Å². The van der Waals surface area contributed by atoms with E-state index in [4.69, 9.17) is 4.74 Å². The summed E-state index contributed by atoms with van der Waals surface area (Å²) in [6.45, 7) is 9.72. The molecule has 0 bridgehead atoms. The average Bonchev–Trinajstić information content (AvgIpc) is 2.26. The molecular weight excluding hydrogens is 250 g/mol. The highest BCUT2D eigenvalue weighted by molar-refractivity contribution is 5.69. The zero-order valence-corrected chi connectivity index (χ0v) is 13.7. The van der Waals surface area contributed by atoms with Crippen LogP contribution in [0, 0.1) is 0 Å². The van der Waals surface area contributed by atoms with Crippen LogP contribution < -0.4 is 0 Å². The molecule has 3 nitrogen and oxygen atoms in total. The van der Waals surface area contributed by atoms with E-state index < -0.39 is 0 Å². The van der Waals surface area contributed by atoms with Crippen LogP contribution in [0.5, 0.6) is 0 Å². The van der Waals surface area contributed by atoms with Gasteiger partial charge in [0.05, 0.1) is 0 Å². The minimum atomic E-state index is -0.340. The Morgan fingerprint density at radius 1 is 0.950 bits per heavy atom. The third kappa shape index (κ3) is 9.35. The van der Waals surface area contributed by atoms with Crippen LogP contribution in [-0.2, 0) is 9.53 Å². The number of esters is 1. The highest BCUT2D eigenvalue weighted by Crippen LogP contribution is 2.13. The molecule has 0 saturated carbocycles. The Morgan fingerprint density at radius 3 is 2.00 bits per heavy atom. The van der Waals surface area contributed by atoms with Gasteiger partial charge in [-0.1, -0.05) is 32.1 Å². The molecule has 0 amide bonds. The summed E-state index contributed by atoms with van der Waals surface area (Å²) in [6.07, 6.45) is 10.7. The summed E-state index contributed by atoms with van der Waals surface area (Å²) < 4.78 is 5.29. The van der Waals surface area contributed by atoms with Gasteiger partial charge in [-0.25, -0.2) is 0 Å². The maximum Gasteiger partial charge on any atom is 0.306 e. The van der Waals surface area contributed by atoms with Gasteiger partial charge in [-0.3, -0.25) is 4.79 Å². The van der Waals surface area contributed by atoms with Crippen LogP contribution in [0.2, 0.25) is 0 Å². The number of carbonyl (C=O) groups excluding carboxylic acids is 1. The van der Waals surface area contributed by atoms with Crippen LogP contribution >= 0.6 is 0 Å². The highest BCUT2D eigenvalue weighted by Gasteiger charge is 2.15. The van der Waals surface area contributed by atoms with Crippen LogP contribution in [0.4, 0.5) is 0 Å². The molecule has 1 aliphatic rings. The number of ether oxygens (including phenoxy) is 1. The first-order valence-corrected chi connectivity index (χ1v) is 8.41. The molecule has 118 valence electrons. The Bertz CT molecular complexity index is 267. The summed E-state index contributed by atoms with van der Waals surface area (Å²) >= 11 is 0. The molecule has 1 heterocycles. The van der Waals surface area contributed by atoms with E-state index >= 15 is 0 Å². The van der Waals surface area contributed by atoms with Gasteiger partial charge in [-0.2, -0.15) is 0 Å². The summed E-state index contributed by atoms with van der Waals surface area (Å²) in [4.78, 5) is 14.0. The quantitative estimate of drug-likeness (QED) is 0.445. The monoisotopic (exact) mass is 283 g/mol. The Kier molecular flexibility index (Phi) is 8.20. The van der Waals surface area contributed by atoms with Crippen molar-refractivity contribution in [2.24, 2.45) is 0 Å². The van der Waals surface area contributed by atoms with Gasteiger partial charge in [0.1, 0.15) is 5.60 Å². The van der Waals surface area contributed by atoms with E-state index in [9.17, 15) is 4.79 Å². The predicted octanol–water partition coefficient (Wildman–Crippen LogP) is 4.15. The molecule has 0 unspecified atom stereocenters. The number of hydrogen-bond donors (Lipinski definition) is 0. The predicted molar refractivity (Wildman–Crippen MR) is 83.8 cm³/mol. The molecule has 1 fully saturated rings. The van der Waals surface area contributed by atoms with E-state index in [1.165, 1.54) is 58.2 Å². The van der Waals surface area contributed by atoms with Gasteiger partial charge in [0, 0.05) is 6.42 Å². The summed E-state index contributed by atoms with van der Waals surface area (Å²) in [5, 5.41) is 0. The fourth-order valence-corrected chi connectivity index (χ4v) is 2.49. The van der Waals surface area contributed by atoms with Crippen molar-refractivity contribution in [3.05, 3.63) is 0 Å². The molecule has 0 aromatic heterocycles. The molecular formula is C17H33NO2. The molecule has 1 aliphatic heterocycles. The van der Waals surface area contributed by atoms with Crippen LogP contribution in [-0.4, -0.2) is 36.1 Å². The third-order valence-corrected chi connectivity index (χ3v) is 3.72. The fraction of sp³-hybridized carbons (Fsp3) is 0.941. The number of rotatable bonds is 10. The van der Waals surface area contributed by atoms with Gasteiger partial charge in [0.15, 0.2) is 0 Å². The molecule has 0 aliphatic carbocycles. The van der Waals surface area contributed by atoms with Gasteiger partial charge in [-0.05, 0) is 59.7 Å². The molecule has 1 saturated heterocycles. The second kappa shape index (κ2) is 9.38. The Morgan fingerprint density at radius 2 is 1.50 bits per heavy atom. The lowest BCUT2D eigenvalue weighted by Crippen LogP contribution is -2.37. The molecule has 0 atom stereocenters. The van der Waals surface area contributed by atoms with Crippen molar-refractivity contribution in [2.45, 2.75) is 84.2 Å². The van der Waals surface area contributed by atoms with Crippen LogP contribution in [0.15, 0.2) is 0 Å². The molecule has 20 heavy (non-hydrogen) atoms. The first-order valence-electron chi connectivity index (χ1n) is 8.41. The minimum absolute atomic E-state index is 0.0490. The topological polar surface area (TPSA) is 29.5 Å². The van der Waals surface area contributed by atoms with Gasteiger partial charge < -0.3 is 9.64 Å². The number of carbonyl (C=O) groups is 1. The number of nitrogens with zero attached hydrogens (tertiary/aromatic N) is 1. The minimum Gasteiger partial charge on any atom is -0.460 e.